The summed E-state index contributed by atoms with van der Waals surface area (Å²) in [7, 11) is 0. The molecule has 0 saturated carbocycles. The Hall–Kier alpha value is -4.18. The number of hydrogen-bond donors (Lipinski definition) is 0. The van der Waals surface area contributed by atoms with Gasteiger partial charge in [-0.1, -0.05) is 99.6 Å². The predicted molar refractivity (Wildman–Crippen MR) is 228 cm³/mol. The van der Waals surface area contributed by atoms with E-state index >= 15 is 0 Å². The molecule has 3 heterocycles. The molecule has 4 aromatic carbocycles. The average molecular weight is 701 g/mol. The van der Waals surface area contributed by atoms with Crippen LogP contribution in [0.25, 0.3) is 11.0 Å². The highest BCUT2D eigenvalue weighted by Gasteiger charge is 2.49. The van der Waals surface area contributed by atoms with Crippen LogP contribution in [-0.2, 0) is 21.7 Å². The molecule has 2 aliphatic heterocycles. The number of fused-ring (bicyclic) bond motifs is 8. The summed E-state index contributed by atoms with van der Waals surface area (Å²) in [6.45, 7) is 28.6. The van der Waals surface area contributed by atoms with Crippen molar-refractivity contribution in [3.63, 3.8) is 0 Å². The van der Waals surface area contributed by atoms with Gasteiger partial charge in [-0.15, -0.1) is 0 Å². The smallest absolute Gasteiger partial charge is 0.297 e. The number of furan rings is 1. The molecule has 0 radical (unpaired) electrons. The van der Waals surface area contributed by atoms with Gasteiger partial charge in [0.2, 0.25) is 0 Å². The molecular formula is C49H57BN2O. The van der Waals surface area contributed by atoms with Gasteiger partial charge in [0.1, 0.15) is 5.58 Å². The third-order valence-corrected chi connectivity index (χ3v) is 14.0. The normalized spacial score (nSPS) is 20.0. The molecule has 0 bridgehead atoms. The number of allylic oxidation sites excluding steroid dienone is 1. The van der Waals surface area contributed by atoms with Crippen LogP contribution in [0.3, 0.4) is 0 Å². The zero-order valence-electron chi connectivity index (χ0n) is 34.2. The maximum atomic E-state index is 7.39. The van der Waals surface area contributed by atoms with Crippen molar-refractivity contribution in [2.45, 2.75) is 136 Å². The first-order chi connectivity index (χ1) is 24.9. The van der Waals surface area contributed by atoms with Crippen LogP contribution in [0.2, 0.25) is 0 Å². The molecule has 272 valence electrons. The van der Waals surface area contributed by atoms with E-state index < -0.39 is 0 Å². The predicted octanol–water partition coefficient (Wildman–Crippen LogP) is 11.8. The fourth-order valence-corrected chi connectivity index (χ4v) is 10.4. The number of rotatable bonds is 3. The lowest BCUT2D eigenvalue weighted by Gasteiger charge is -2.46. The number of anilines is 5. The van der Waals surface area contributed by atoms with Gasteiger partial charge in [0, 0.05) is 34.3 Å². The molecule has 0 amide bonds. The second-order valence-corrected chi connectivity index (χ2v) is 19.7. The highest BCUT2D eigenvalue weighted by atomic mass is 16.3. The Morgan fingerprint density at radius 1 is 0.679 bits per heavy atom. The van der Waals surface area contributed by atoms with Crippen LogP contribution in [0, 0.1) is 6.92 Å². The molecule has 4 aliphatic rings. The van der Waals surface area contributed by atoms with Gasteiger partial charge in [0.05, 0.1) is 11.3 Å². The second kappa shape index (κ2) is 11.2. The van der Waals surface area contributed by atoms with Crippen molar-refractivity contribution in [1.82, 2.24) is 0 Å². The molecule has 0 saturated heterocycles. The molecule has 0 N–H and O–H groups in total. The molecule has 0 fully saturated rings. The maximum Gasteiger partial charge on any atom is 0.297 e. The van der Waals surface area contributed by atoms with Crippen LogP contribution < -0.4 is 26.4 Å². The molecule has 9 rings (SSSR count). The van der Waals surface area contributed by atoms with Crippen LogP contribution in [0.1, 0.15) is 141 Å². The Morgan fingerprint density at radius 3 is 1.85 bits per heavy atom. The van der Waals surface area contributed by atoms with Gasteiger partial charge in [-0.25, -0.2) is 0 Å². The minimum absolute atomic E-state index is 0.0374. The molecule has 0 spiro atoms. The Morgan fingerprint density at radius 2 is 1.25 bits per heavy atom. The van der Waals surface area contributed by atoms with E-state index in [4.69, 9.17) is 4.42 Å². The Labute approximate surface area is 318 Å². The highest BCUT2D eigenvalue weighted by molar-refractivity contribution is 6.99. The Balaban J connectivity index is 1.44. The fourth-order valence-electron chi connectivity index (χ4n) is 10.4. The Kier molecular flexibility index (Phi) is 7.30. The summed E-state index contributed by atoms with van der Waals surface area (Å²) in [5.41, 5.74) is 19.9. The standard InChI is InChI=1S/C49H57BN2O/c1-13-22-51-40-23-31(29(2)3)24-41-43(40)50(45-44(51)32-25-33-36(28-42(32)53-45)49(11,12)21-18-46(33,5)6)37-26-34-35(48(9,10)20-19-47(34,7)8)27-39(37)52(41)38-17-15-14-16-30(38)4/h13-17,22-29H,18-21H2,1-12H3/b22-13+. The third-order valence-electron chi connectivity index (χ3n) is 14.0. The zero-order valence-corrected chi connectivity index (χ0v) is 34.2. The molecule has 4 heteroatoms. The lowest BCUT2D eigenvalue weighted by molar-refractivity contribution is 0.332. The van der Waals surface area contributed by atoms with Crippen LogP contribution >= 0.6 is 0 Å². The van der Waals surface area contributed by atoms with E-state index in [1.807, 2.05) is 0 Å². The van der Waals surface area contributed by atoms with Gasteiger partial charge < -0.3 is 14.2 Å². The number of hydrogen-bond acceptors (Lipinski definition) is 3. The largest absolute Gasteiger partial charge is 0.468 e. The molecule has 2 aliphatic carbocycles. The van der Waals surface area contributed by atoms with E-state index in [1.54, 1.807) is 0 Å². The second-order valence-electron chi connectivity index (χ2n) is 19.7. The van der Waals surface area contributed by atoms with Crippen molar-refractivity contribution in [1.29, 1.82) is 0 Å². The van der Waals surface area contributed by atoms with Crippen LogP contribution in [0.4, 0.5) is 28.4 Å². The first-order valence-electron chi connectivity index (χ1n) is 20.2. The van der Waals surface area contributed by atoms with E-state index in [-0.39, 0.29) is 28.4 Å². The summed E-state index contributed by atoms with van der Waals surface area (Å²) in [5.74, 6) is 0.364. The van der Waals surface area contributed by atoms with E-state index in [2.05, 4.69) is 166 Å². The van der Waals surface area contributed by atoms with Crippen molar-refractivity contribution in [2.75, 3.05) is 9.80 Å². The minimum Gasteiger partial charge on any atom is -0.468 e. The van der Waals surface area contributed by atoms with Gasteiger partial charge in [-0.3, -0.25) is 0 Å². The van der Waals surface area contributed by atoms with Crippen LogP contribution in [0.5, 0.6) is 0 Å². The molecule has 5 aromatic rings. The van der Waals surface area contributed by atoms with Gasteiger partial charge in [-0.2, -0.15) is 0 Å². The van der Waals surface area contributed by atoms with E-state index in [0.717, 1.165) is 11.2 Å². The summed E-state index contributed by atoms with van der Waals surface area (Å²) in [5, 5.41) is 1.23. The summed E-state index contributed by atoms with van der Waals surface area (Å²) in [6.07, 6.45) is 9.20. The molecule has 0 unspecified atom stereocenters. The van der Waals surface area contributed by atoms with Crippen molar-refractivity contribution in [3.8, 4) is 0 Å². The van der Waals surface area contributed by atoms with Crippen molar-refractivity contribution in [2.24, 2.45) is 0 Å². The van der Waals surface area contributed by atoms with Crippen molar-refractivity contribution in [3.05, 3.63) is 106 Å². The summed E-state index contributed by atoms with van der Waals surface area (Å²) >= 11 is 0. The molecule has 3 nitrogen and oxygen atoms in total. The topological polar surface area (TPSA) is 19.6 Å². The molecule has 0 atom stereocenters. The van der Waals surface area contributed by atoms with Gasteiger partial charge in [0.25, 0.3) is 6.71 Å². The first-order valence-corrected chi connectivity index (χ1v) is 20.2. The van der Waals surface area contributed by atoms with Gasteiger partial charge in [-0.05, 0) is 148 Å². The van der Waals surface area contributed by atoms with E-state index in [1.165, 1.54) is 104 Å². The van der Waals surface area contributed by atoms with E-state index in [9.17, 15) is 0 Å². The van der Waals surface area contributed by atoms with Crippen molar-refractivity contribution < 1.29 is 4.42 Å². The van der Waals surface area contributed by atoms with E-state index in [0.29, 0.717) is 5.92 Å². The first kappa shape index (κ1) is 34.6. The van der Waals surface area contributed by atoms with Gasteiger partial charge in [0.15, 0.2) is 0 Å². The van der Waals surface area contributed by atoms with Gasteiger partial charge >= 0.3 is 0 Å². The third kappa shape index (κ3) is 4.86. The average Bonchev–Trinajstić information content (AvgIpc) is 3.48. The zero-order chi connectivity index (χ0) is 37.6. The monoisotopic (exact) mass is 700 g/mol. The minimum atomic E-state index is -0.0374. The number of benzene rings is 4. The quantitative estimate of drug-likeness (QED) is 0.171. The summed E-state index contributed by atoms with van der Waals surface area (Å²) in [4.78, 5) is 5.08. The fraction of sp³-hybridized carbons (Fsp3) is 0.429. The molecular weight excluding hydrogens is 643 g/mol. The number of para-hydroxylation sites is 1. The van der Waals surface area contributed by atoms with Crippen LogP contribution in [-0.4, -0.2) is 6.71 Å². The summed E-state index contributed by atoms with van der Waals surface area (Å²) in [6, 6.07) is 24.1. The lowest BCUT2D eigenvalue weighted by Crippen LogP contribution is -2.61. The SMILES string of the molecule is C/C=C/N1c2cc(C(C)C)cc3c2B(c2cc4c(cc2N3c2ccccc2C)C(C)(C)CCC4(C)C)c2oc3cc4c(cc3c21)C(C)(C)CCC4(C)C. The maximum absolute atomic E-state index is 7.39. The van der Waals surface area contributed by atoms with Crippen molar-refractivity contribution >= 4 is 62.7 Å². The number of aryl methyl sites for hydroxylation is 1. The number of nitrogens with zero attached hydrogens (tertiary/aromatic N) is 2. The molecule has 1 aromatic heterocycles. The Bertz CT molecular complexity index is 2380. The highest BCUT2D eigenvalue weighted by Crippen LogP contribution is 2.52. The lowest BCUT2D eigenvalue weighted by atomic mass is 9.35. The van der Waals surface area contributed by atoms with Crippen LogP contribution in [0.15, 0.2) is 77.4 Å². The summed E-state index contributed by atoms with van der Waals surface area (Å²) < 4.78 is 7.39. The molecule has 53 heavy (non-hydrogen) atoms.